The zero-order valence-corrected chi connectivity index (χ0v) is 14.1. The van der Waals surface area contributed by atoms with E-state index in [2.05, 4.69) is 10.9 Å². The summed E-state index contributed by atoms with van der Waals surface area (Å²) in [6.45, 7) is 1.41. The number of halogens is 1. The molecule has 136 valence electrons. The summed E-state index contributed by atoms with van der Waals surface area (Å²) in [5, 5.41) is 22.2. The van der Waals surface area contributed by atoms with Crippen molar-refractivity contribution in [2.24, 2.45) is 0 Å². The van der Waals surface area contributed by atoms with Gasteiger partial charge in [0.25, 0.3) is 11.6 Å². The molecule has 0 bridgehead atoms. The summed E-state index contributed by atoms with van der Waals surface area (Å²) in [6.07, 6.45) is 0. The lowest BCUT2D eigenvalue weighted by Crippen LogP contribution is -2.33. The third-order valence-electron chi connectivity index (χ3n) is 3.22. The first-order chi connectivity index (χ1) is 12.3. The van der Waals surface area contributed by atoms with Crippen LogP contribution < -0.4 is 15.6 Å². The minimum Gasteiger partial charge on any atom is -0.483 e. The molecule has 0 radical (unpaired) electrons. The van der Waals surface area contributed by atoms with Crippen molar-refractivity contribution in [3.63, 3.8) is 0 Å². The van der Waals surface area contributed by atoms with Crippen LogP contribution in [0.2, 0.25) is 5.02 Å². The van der Waals surface area contributed by atoms with Crippen LogP contribution in [0.25, 0.3) is 0 Å². The van der Waals surface area contributed by atoms with Crippen LogP contribution in [-0.2, 0) is 4.79 Å². The van der Waals surface area contributed by atoms with E-state index in [0.29, 0.717) is 10.8 Å². The Morgan fingerprint density at radius 1 is 1.15 bits per heavy atom. The van der Waals surface area contributed by atoms with Gasteiger partial charge in [-0.25, -0.2) is 0 Å². The molecule has 0 unspecified atom stereocenters. The van der Waals surface area contributed by atoms with Crippen LogP contribution in [0.3, 0.4) is 0 Å². The van der Waals surface area contributed by atoms with Gasteiger partial charge < -0.3 is 4.74 Å². The van der Waals surface area contributed by atoms with E-state index in [-0.39, 0.29) is 12.3 Å². The molecule has 26 heavy (non-hydrogen) atoms. The van der Waals surface area contributed by atoms with E-state index in [1.165, 1.54) is 0 Å². The summed E-state index contributed by atoms with van der Waals surface area (Å²) in [6, 6.07) is 7.89. The van der Waals surface area contributed by atoms with Crippen molar-refractivity contribution >= 4 is 34.6 Å². The standard InChI is InChI=1S/C15H13ClN4O6/c1-9-6-10(16)2-5-14(9)26-8-15(21)18-17-12-4-3-11(19(22)23)7-13(12)20(24)25/h2-7,17H,8H2,1H3,(H,18,21). The molecule has 0 aromatic heterocycles. The first-order valence-corrected chi connectivity index (χ1v) is 7.52. The molecular weight excluding hydrogens is 368 g/mol. The summed E-state index contributed by atoms with van der Waals surface area (Å²) in [5.41, 5.74) is 4.24. The van der Waals surface area contributed by atoms with E-state index in [0.717, 1.165) is 23.8 Å². The quantitative estimate of drug-likeness (QED) is 0.556. The number of amides is 1. The molecule has 0 saturated heterocycles. The second kappa shape index (κ2) is 8.12. The third-order valence-corrected chi connectivity index (χ3v) is 3.46. The molecule has 10 nitrogen and oxygen atoms in total. The zero-order chi connectivity index (χ0) is 19.3. The lowest BCUT2D eigenvalue weighted by Gasteiger charge is -2.11. The predicted molar refractivity (Wildman–Crippen MR) is 93.2 cm³/mol. The van der Waals surface area contributed by atoms with Gasteiger partial charge in [0.1, 0.15) is 11.4 Å². The van der Waals surface area contributed by atoms with Gasteiger partial charge in [-0.1, -0.05) is 11.6 Å². The number of nitrogens with zero attached hydrogens (tertiary/aromatic N) is 2. The maximum absolute atomic E-state index is 11.8. The van der Waals surface area contributed by atoms with E-state index in [4.69, 9.17) is 16.3 Å². The Hall–Kier alpha value is -3.40. The molecule has 1 amide bonds. The molecule has 0 aliphatic heterocycles. The van der Waals surface area contributed by atoms with Crippen LogP contribution in [0, 0.1) is 27.2 Å². The van der Waals surface area contributed by atoms with Crippen molar-refractivity contribution < 1.29 is 19.4 Å². The van der Waals surface area contributed by atoms with Crippen LogP contribution >= 0.6 is 11.6 Å². The average Bonchev–Trinajstić information content (AvgIpc) is 2.58. The molecule has 0 saturated carbocycles. The Bertz CT molecular complexity index is 873. The number of nitro groups is 2. The van der Waals surface area contributed by atoms with Crippen LogP contribution in [0.4, 0.5) is 17.1 Å². The molecule has 11 heteroatoms. The largest absolute Gasteiger partial charge is 0.483 e. The van der Waals surface area contributed by atoms with Crippen LogP contribution in [0.1, 0.15) is 5.56 Å². The summed E-state index contributed by atoms with van der Waals surface area (Å²) < 4.78 is 5.34. The molecule has 0 aliphatic carbocycles. The number of hydrazine groups is 1. The number of benzene rings is 2. The maximum atomic E-state index is 11.8. The number of aryl methyl sites for hydroxylation is 1. The number of hydrogen-bond donors (Lipinski definition) is 2. The second-order valence-electron chi connectivity index (χ2n) is 5.09. The van der Waals surface area contributed by atoms with Gasteiger partial charge in [0.05, 0.1) is 15.9 Å². The van der Waals surface area contributed by atoms with Crippen LogP contribution in [0.5, 0.6) is 5.75 Å². The number of nitro benzene ring substituents is 2. The topological polar surface area (TPSA) is 137 Å². The molecule has 0 spiro atoms. The lowest BCUT2D eigenvalue weighted by molar-refractivity contribution is -0.393. The summed E-state index contributed by atoms with van der Waals surface area (Å²) in [7, 11) is 0. The summed E-state index contributed by atoms with van der Waals surface area (Å²) >= 11 is 5.83. The number of non-ortho nitro benzene ring substituents is 1. The summed E-state index contributed by atoms with van der Waals surface area (Å²) in [4.78, 5) is 32.0. The van der Waals surface area contributed by atoms with Crippen molar-refractivity contribution in [3.05, 3.63) is 67.2 Å². The molecule has 2 aromatic rings. The number of anilines is 1. The smallest absolute Gasteiger partial charge is 0.300 e. The van der Waals surface area contributed by atoms with Gasteiger partial charge in [-0.15, -0.1) is 0 Å². The fourth-order valence-electron chi connectivity index (χ4n) is 1.98. The van der Waals surface area contributed by atoms with E-state index in [1.807, 2.05) is 0 Å². The van der Waals surface area contributed by atoms with Crippen molar-refractivity contribution in [1.29, 1.82) is 0 Å². The first kappa shape index (κ1) is 18.9. The fraction of sp³-hybridized carbons (Fsp3) is 0.133. The first-order valence-electron chi connectivity index (χ1n) is 7.14. The SMILES string of the molecule is Cc1cc(Cl)ccc1OCC(=O)NNc1ccc([N+](=O)[O-])cc1[N+](=O)[O-]. The zero-order valence-electron chi connectivity index (χ0n) is 13.4. The lowest BCUT2D eigenvalue weighted by atomic mass is 10.2. The summed E-state index contributed by atoms with van der Waals surface area (Å²) in [5.74, 6) is -0.141. The van der Waals surface area contributed by atoms with E-state index in [9.17, 15) is 25.0 Å². The fourth-order valence-corrected chi connectivity index (χ4v) is 2.21. The highest BCUT2D eigenvalue weighted by Gasteiger charge is 2.19. The number of hydrogen-bond acceptors (Lipinski definition) is 7. The molecule has 2 aromatic carbocycles. The number of rotatable bonds is 7. The molecule has 0 fully saturated rings. The molecular formula is C15H13ClN4O6. The molecule has 0 heterocycles. The van der Waals surface area contributed by atoms with Gasteiger partial charge in [-0.3, -0.25) is 35.9 Å². The molecule has 0 aliphatic rings. The molecule has 0 atom stereocenters. The maximum Gasteiger partial charge on any atom is 0.300 e. The second-order valence-corrected chi connectivity index (χ2v) is 5.52. The number of carbonyl (C=O) groups is 1. The minimum atomic E-state index is -0.797. The van der Waals surface area contributed by atoms with Crippen molar-refractivity contribution in [2.45, 2.75) is 6.92 Å². The van der Waals surface area contributed by atoms with Crippen molar-refractivity contribution in [1.82, 2.24) is 5.43 Å². The van der Waals surface area contributed by atoms with Gasteiger partial charge >= 0.3 is 5.69 Å². The predicted octanol–water partition coefficient (Wildman–Crippen LogP) is 2.99. The van der Waals surface area contributed by atoms with E-state index in [1.54, 1.807) is 25.1 Å². The van der Waals surface area contributed by atoms with Gasteiger partial charge in [-0.2, -0.15) is 0 Å². The number of ether oxygens (including phenoxy) is 1. The Morgan fingerprint density at radius 3 is 2.50 bits per heavy atom. The monoisotopic (exact) mass is 380 g/mol. The Labute approximate surface area is 152 Å². The number of nitrogens with one attached hydrogen (secondary N) is 2. The van der Waals surface area contributed by atoms with Crippen molar-refractivity contribution in [3.8, 4) is 5.75 Å². The Kier molecular flexibility index (Phi) is 5.91. The molecule has 2 N–H and O–H groups in total. The van der Waals surface area contributed by atoms with Crippen LogP contribution in [0.15, 0.2) is 36.4 Å². The van der Waals surface area contributed by atoms with E-state index < -0.39 is 27.1 Å². The third kappa shape index (κ3) is 4.80. The van der Waals surface area contributed by atoms with Crippen molar-refractivity contribution in [2.75, 3.05) is 12.0 Å². The van der Waals surface area contributed by atoms with E-state index >= 15 is 0 Å². The highest BCUT2D eigenvalue weighted by molar-refractivity contribution is 6.30. The van der Waals surface area contributed by atoms with Gasteiger partial charge in [-0.05, 0) is 36.8 Å². The number of carbonyl (C=O) groups excluding carboxylic acids is 1. The molecule has 2 rings (SSSR count). The van der Waals surface area contributed by atoms with Gasteiger partial charge in [0.15, 0.2) is 6.61 Å². The highest BCUT2D eigenvalue weighted by Crippen LogP contribution is 2.28. The van der Waals surface area contributed by atoms with Crippen LogP contribution in [-0.4, -0.2) is 22.4 Å². The van der Waals surface area contributed by atoms with Gasteiger partial charge in [0, 0.05) is 11.1 Å². The Balaban J connectivity index is 1.98. The Morgan fingerprint density at radius 2 is 1.88 bits per heavy atom. The average molecular weight is 381 g/mol. The normalized spacial score (nSPS) is 10.1. The highest BCUT2D eigenvalue weighted by atomic mass is 35.5. The minimum absolute atomic E-state index is 0.100. The van der Waals surface area contributed by atoms with Gasteiger partial charge in [0.2, 0.25) is 0 Å².